The molecule has 2 aliphatic rings. The van der Waals surface area contributed by atoms with Crippen molar-refractivity contribution in [2.75, 3.05) is 18.6 Å². The van der Waals surface area contributed by atoms with Crippen molar-refractivity contribution in [3.05, 3.63) is 17.2 Å². The van der Waals surface area contributed by atoms with E-state index in [0.717, 1.165) is 29.4 Å². The monoisotopic (exact) mass is 310 g/mol. The van der Waals surface area contributed by atoms with Crippen molar-refractivity contribution in [1.29, 1.82) is 0 Å². The van der Waals surface area contributed by atoms with Crippen molar-refractivity contribution in [1.82, 2.24) is 9.55 Å². The average Bonchev–Trinajstić information content (AvgIpc) is 3.12. The molecule has 2 unspecified atom stereocenters. The summed E-state index contributed by atoms with van der Waals surface area (Å²) < 4.78 is 6.79. The summed E-state index contributed by atoms with van der Waals surface area (Å²) in [6, 6.07) is 0. The van der Waals surface area contributed by atoms with E-state index in [-0.39, 0.29) is 17.6 Å². The Balaban J connectivity index is 1.98. The topological polar surface area (TPSA) is 81.4 Å². The van der Waals surface area contributed by atoms with Crippen LogP contribution < -0.4 is 0 Å². The summed E-state index contributed by atoms with van der Waals surface area (Å²) in [6.07, 6.45) is 2.20. The molecule has 0 saturated carbocycles. The Morgan fingerprint density at radius 1 is 1.43 bits per heavy atom. The van der Waals surface area contributed by atoms with Gasteiger partial charge in [-0.3, -0.25) is 4.79 Å². The van der Waals surface area contributed by atoms with Gasteiger partial charge < -0.3 is 14.4 Å². The minimum atomic E-state index is -0.979. The Bertz CT molecular complexity index is 578. The van der Waals surface area contributed by atoms with Gasteiger partial charge in [0.2, 0.25) is 0 Å². The van der Waals surface area contributed by atoms with Gasteiger partial charge in [-0.05, 0) is 25.0 Å². The van der Waals surface area contributed by atoms with E-state index < -0.39 is 5.97 Å². The first-order chi connectivity index (χ1) is 10.1. The zero-order valence-corrected chi connectivity index (χ0v) is 12.7. The van der Waals surface area contributed by atoms with Gasteiger partial charge in [0, 0.05) is 18.2 Å². The van der Waals surface area contributed by atoms with Gasteiger partial charge in [0.25, 0.3) is 0 Å². The van der Waals surface area contributed by atoms with E-state index in [1.807, 2.05) is 16.3 Å². The first-order valence-corrected chi connectivity index (χ1v) is 8.25. The summed E-state index contributed by atoms with van der Waals surface area (Å²) in [5.74, 6) is 1.77. The van der Waals surface area contributed by atoms with Crippen LogP contribution in [0.15, 0.2) is 0 Å². The normalized spacial score (nSPS) is 24.6. The Morgan fingerprint density at radius 3 is 2.86 bits per heavy atom. The zero-order valence-electron chi connectivity index (χ0n) is 11.9. The molecule has 0 aliphatic carbocycles. The number of hydrogen-bond acceptors (Lipinski definition) is 5. The fraction of sp³-hybridized carbons (Fsp3) is 0.643. The van der Waals surface area contributed by atoms with Gasteiger partial charge in [-0.15, -0.1) is 0 Å². The first-order valence-electron chi connectivity index (χ1n) is 7.10. The van der Waals surface area contributed by atoms with Crippen molar-refractivity contribution in [3.8, 4) is 0 Å². The molecule has 7 heteroatoms. The minimum Gasteiger partial charge on any atom is -0.476 e. The number of aromatic nitrogens is 2. The third-order valence-corrected chi connectivity index (χ3v) is 5.43. The molecule has 3 rings (SSSR count). The number of carboxylic acid groups (broad SMARTS) is 1. The van der Waals surface area contributed by atoms with E-state index in [9.17, 15) is 14.7 Å². The highest BCUT2D eigenvalue weighted by Crippen LogP contribution is 2.35. The number of thioether (sulfide) groups is 1. The number of rotatable bonds is 3. The van der Waals surface area contributed by atoms with Crippen LogP contribution in [0.25, 0.3) is 0 Å². The Morgan fingerprint density at radius 2 is 2.24 bits per heavy atom. The number of carboxylic acids is 1. The van der Waals surface area contributed by atoms with Crippen molar-refractivity contribution < 1.29 is 19.4 Å². The van der Waals surface area contributed by atoms with Gasteiger partial charge in [0.05, 0.1) is 18.7 Å². The maximum atomic E-state index is 11.8. The lowest BCUT2D eigenvalue weighted by atomic mass is 9.96. The fourth-order valence-corrected chi connectivity index (χ4v) is 4.38. The second-order valence-electron chi connectivity index (χ2n) is 5.50. The molecular weight excluding hydrogens is 292 g/mol. The molecule has 2 aliphatic heterocycles. The molecule has 6 nitrogen and oxygen atoms in total. The van der Waals surface area contributed by atoms with E-state index >= 15 is 0 Å². The highest BCUT2D eigenvalue weighted by atomic mass is 32.2. The average molecular weight is 310 g/mol. The number of imidazole rings is 1. The van der Waals surface area contributed by atoms with Crippen LogP contribution in [-0.2, 0) is 22.5 Å². The first kappa shape index (κ1) is 14.4. The van der Waals surface area contributed by atoms with Crippen molar-refractivity contribution >= 4 is 23.7 Å². The van der Waals surface area contributed by atoms with Crippen LogP contribution in [0.5, 0.6) is 0 Å². The van der Waals surface area contributed by atoms with Crippen LogP contribution in [0.4, 0.5) is 0 Å². The molecule has 114 valence electrons. The van der Waals surface area contributed by atoms with Crippen molar-refractivity contribution in [2.45, 2.75) is 31.7 Å². The third-order valence-electron chi connectivity index (χ3n) is 4.27. The molecule has 0 bridgehead atoms. The van der Waals surface area contributed by atoms with Gasteiger partial charge in [0.1, 0.15) is 5.82 Å². The van der Waals surface area contributed by atoms with Gasteiger partial charge >= 0.3 is 11.9 Å². The predicted molar refractivity (Wildman–Crippen MR) is 77.7 cm³/mol. The van der Waals surface area contributed by atoms with E-state index in [2.05, 4.69) is 4.98 Å². The quantitative estimate of drug-likeness (QED) is 0.853. The summed E-state index contributed by atoms with van der Waals surface area (Å²) in [4.78, 5) is 27.6. The standard InChI is InChI=1S/C14H18N2O4S/c1-20-14(19)8-2-3-10-11(13(17)18)15-12(16(10)6-8)9-4-5-21-7-9/h8-9H,2-7H2,1H3,(H,17,18). The Hall–Kier alpha value is -1.50. The summed E-state index contributed by atoms with van der Waals surface area (Å²) >= 11 is 1.86. The highest BCUT2D eigenvalue weighted by Gasteiger charge is 2.34. The van der Waals surface area contributed by atoms with Crippen LogP contribution in [0.3, 0.4) is 0 Å². The largest absolute Gasteiger partial charge is 0.476 e. The molecular formula is C14H18N2O4S. The maximum Gasteiger partial charge on any atom is 0.356 e. The van der Waals surface area contributed by atoms with E-state index in [1.165, 1.54) is 7.11 Å². The van der Waals surface area contributed by atoms with Crippen LogP contribution in [0.1, 0.15) is 40.8 Å². The lowest BCUT2D eigenvalue weighted by Gasteiger charge is -2.25. The summed E-state index contributed by atoms with van der Waals surface area (Å²) in [5, 5.41) is 9.35. The van der Waals surface area contributed by atoms with E-state index in [4.69, 9.17) is 4.74 Å². The molecule has 1 saturated heterocycles. The Kier molecular flexibility index (Phi) is 3.93. The lowest BCUT2D eigenvalue weighted by Crippen LogP contribution is -2.29. The molecule has 0 amide bonds. The molecule has 0 radical (unpaired) electrons. The molecule has 1 aromatic rings. The van der Waals surface area contributed by atoms with Gasteiger partial charge in [-0.2, -0.15) is 11.8 Å². The van der Waals surface area contributed by atoms with Crippen molar-refractivity contribution in [2.24, 2.45) is 5.92 Å². The lowest BCUT2D eigenvalue weighted by molar-refractivity contribution is -0.146. The van der Waals surface area contributed by atoms with Crippen LogP contribution >= 0.6 is 11.8 Å². The van der Waals surface area contributed by atoms with Gasteiger partial charge in [0.15, 0.2) is 5.69 Å². The van der Waals surface area contributed by atoms with Crippen LogP contribution in [0, 0.1) is 5.92 Å². The fourth-order valence-electron chi connectivity index (χ4n) is 3.17. The number of ether oxygens (including phenoxy) is 1. The molecule has 1 N–H and O–H groups in total. The smallest absolute Gasteiger partial charge is 0.356 e. The number of carbonyl (C=O) groups excluding carboxylic acids is 1. The minimum absolute atomic E-state index is 0.158. The van der Waals surface area contributed by atoms with Crippen molar-refractivity contribution in [3.63, 3.8) is 0 Å². The number of methoxy groups -OCH3 is 1. The summed E-state index contributed by atoms with van der Waals surface area (Å²) in [6.45, 7) is 0.485. The number of carbonyl (C=O) groups is 2. The molecule has 21 heavy (non-hydrogen) atoms. The second-order valence-corrected chi connectivity index (χ2v) is 6.65. The maximum absolute atomic E-state index is 11.8. The number of esters is 1. The van der Waals surface area contributed by atoms with Gasteiger partial charge in [-0.25, -0.2) is 9.78 Å². The predicted octanol–water partition coefficient (Wildman–Crippen LogP) is 1.54. The molecule has 3 heterocycles. The number of aromatic carboxylic acids is 1. The second kappa shape index (κ2) is 5.71. The van der Waals surface area contributed by atoms with E-state index in [0.29, 0.717) is 25.3 Å². The zero-order chi connectivity index (χ0) is 15.0. The number of hydrogen-bond donors (Lipinski definition) is 1. The van der Waals surface area contributed by atoms with Crippen LogP contribution in [0.2, 0.25) is 0 Å². The molecule has 2 atom stereocenters. The molecule has 0 aromatic carbocycles. The van der Waals surface area contributed by atoms with Crippen LogP contribution in [-0.4, -0.2) is 45.2 Å². The summed E-state index contributed by atoms with van der Waals surface area (Å²) in [5.41, 5.74) is 0.916. The third kappa shape index (κ3) is 2.54. The number of nitrogens with zero attached hydrogens (tertiary/aromatic N) is 2. The summed E-state index contributed by atoms with van der Waals surface area (Å²) in [7, 11) is 1.39. The SMILES string of the molecule is COC(=O)C1CCc2c(C(=O)O)nc(C3CCSC3)n2C1. The number of fused-ring (bicyclic) bond motifs is 1. The molecule has 0 spiro atoms. The Labute approximate surface area is 126 Å². The molecule has 1 aromatic heterocycles. The van der Waals surface area contributed by atoms with E-state index in [1.54, 1.807) is 0 Å². The van der Waals surface area contributed by atoms with Gasteiger partial charge in [-0.1, -0.05) is 0 Å². The molecule has 1 fully saturated rings. The highest BCUT2D eigenvalue weighted by molar-refractivity contribution is 7.99.